The summed E-state index contributed by atoms with van der Waals surface area (Å²) in [5.41, 5.74) is 5.78. The molecule has 0 saturated carbocycles. The molecule has 3 heteroatoms. The van der Waals surface area contributed by atoms with Gasteiger partial charge in [-0.2, -0.15) is 0 Å². The number of benzene rings is 1. The van der Waals surface area contributed by atoms with Crippen molar-refractivity contribution in [3.63, 3.8) is 0 Å². The first-order chi connectivity index (χ1) is 6.72. The van der Waals surface area contributed by atoms with Gasteiger partial charge in [0.1, 0.15) is 18.1 Å². The van der Waals surface area contributed by atoms with Crippen LogP contribution in [0.4, 0.5) is 0 Å². The minimum Gasteiger partial charge on any atom is -0.508 e. The molecule has 0 radical (unpaired) electrons. The molecule has 78 valence electrons. The topological polar surface area (TPSA) is 55.5 Å². The van der Waals surface area contributed by atoms with E-state index < -0.39 is 0 Å². The lowest BCUT2D eigenvalue weighted by Gasteiger charge is -2.11. The third-order valence-corrected chi connectivity index (χ3v) is 1.94. The van der Waals surface area contributed by atoms with Crippen LogP contribution >= 0.6 is 0 Å². The molecule has 3 nitrogen and oxygen atoms in total. The summed E-state index contributed by atoms with van der Waals surface area (Å²) in [6.07, 6.45) is 2.02. The smallest absolute Gasteiger partial charge is 0.123 e. The summed E-state index contributed by atoms with van der Waals surface area (Å²) < 4.78 is 5.42. The van der Waals surface area contributed by atoms with Crippen LogP contribution in [-0.2, 0) is 0 Å². The molecule has 0 fully saturated rings. The average molecular weight is 195 g/mol. The molecular weight excluding hydrogens is 178 g/mol. The quantitative estimate of drug-likeness (QED) is 0.754. The maximum Gasteiger partial charge on any atom is 0.123 e. The van der Waals surface area contributed by atoms with Gasteiger partial charge in [0.25, 0.3) is 0 Å². The van der Waals surface area contributed by atoms with E-state index in [4.69, 9.17) is 10.5 Å². The van der Waals surface area contributed by atoms with Crippen LogP contribution < -0.4 is 10.5 Å². The Balaban J connectivity index is 2.37. The van der Waals surface area contributed by atoms with Gasteiger partial charge in [-0.15, -0.1) is 0 Å². The summed E-state index contributed by atoms with van der Waals surface area (Å²) in [4.78, 5) is 0. The van der Waals surface area contributed by atoms with E-state index in [1.807, 2.05) is 0 Å². The Hall–Kier alpha value is -1.22. The summed E-state index contributed by atoms with van der Waals surface area (Å²) >= 11 is 0. The van der Waals surface area contributed by atoms with Gasteiger partial charge in [-0.05, 0) is 18.6 Å². The zero-order chi connectivity index (χ0) is 10.4. The zero-order valence-electron chi connectivity index (χ0n) is 8.44. The molecule has 1 aromatic rings. The van der Waals surface area contributed by atoms with Crippen molar-refractivity contribution in [2.45, 2.75) is 25.8 Å². The van der Waals surface area contributed by atoms with Crippen LogP contribution in [0.2, 0.25) is 0 Å². The Morgan fingerprint density at radius 1 is 1.50 bits per heavy atom. The third kappa shape index (κ3) is 3.66. The monoisotopic (exact) mass is 195 g/mol. The molecule has 0 amide bonds. The number of nitrogens with two attached hydrogens (primary N) is 1. The van der Waals surface area contributed by atoms with Crippen molar-refractivity contribution >= 4 is 0 Å². The summed E-state index contributed by atoms with van der Waals surface area (Å²) in [5.74, 6) is 0.878. The third-order valence-electron chi connectivity index (χ3n) is 1.94. The van der Waals surface area contributed by atoms with Crippen molar-refractivity contribution in [1.29, 1.82) is 0 Å². The Labute approximate surface area is 84.5 Å². The number of phenolic OH excluding ortho intramolecular Hbond substituents is 1. The molecule has 1 aromatic carbocycles. The van der Waals surface area contributed by atoms with E-state index in [1.165, 1.54) is 0 Å². The lowest BCUT2D eigenvalue weighted by atomic mass is 10.2. The summed E-state index contributed by atoms with van der Waals surface area (Å²) in [6, 6.07) is 6.81. The SMILES string of the molecule is CCCC(N)COc1cccc(O)c1. The van der Waals surface area contributed by atoms with Crippen LogP contribution in [0.25, 0.3) is 0 Å². The maximum absolute atomic E-state index is 9.17. The molecule has 0 saturated heterocycles. The highest BCUT2D eigenvalue weighted by Crippen LogP contribution is 2.17. The molecule has 1 rings (SSSR count). The molecule has 0 spiro atoms. The molecule has 0 heterocycles. The van der Waals surface area contributed by atoms with Crippen LogP contribution in [0.3, 0.4) is 0 Å². The molecule has 1 unspecified atom stereocenters. The van der Waals surface area contributed by atoms with Crippen molar-refractivity contribution in [3.05, 3.63) is 24.3 Å². The number of aromatic hydroxyl groups is 1. The predicted octanol–water partition coefficient (Wildman–Crippen LogP) is 1.90. The van der Waals surface area contributed by atoms with Gasteiger partial charge in [-0.1, -0.05) is 19.4 Å². The van der Waals surface area contributed by atoms with Crippen LogP contribution in [0.1, 0.15) is 19.8 Å². The molecule has 0 aliphatic rings. The standard InChI is InChI=1S/C11H17NO2/c1-2-4-9(12)8-14-11-6-3-5-10(13)7-11/h3,5-7,9,13H,2,4,8,12H2,1H3. The van der Waals surface area contributed by atoms with E-state index in [0.29, 0.717) is 12.4 Å². The lowest BCUT2D eigenvalue weighted by Crippen LogP contribution is -2.27. The maximum atomic E-state index is 9.17. The largest absolute Gasteiger partial charge is 0.508 e. The minimum atomic E-state index is 0.0716. The molecule has 0 bridgehead atoms. The van der Waals surface area contributed by atoms with Gasteiger partial charge >= 0.3 is 0 Å². The van der Waals surface area contributed by atoms with E-state index in [2.05, 4.69) is 6.92 Å². The minimum absolute atomic E-state index is 0.0716. The fourth-order valence-electron chi connectivity index (χ4n) is 1.23. The summed E-state index contributed by atoms with van der Waals surface area (Å²) in [7, 11) is 0. The van der Waals surface area contributed by atoms with Crippen LogP contribution in [0.5, 0.6) is 11.5 Å². The average Bonchev–Trinajstić information content (AvgIpc) is 2.15. The van der Waals surface area contributed by atoms with Crippen LogP contribution in [-0.4, -0.2) is 17.8 Å². The van der Waals surface area contributed by atoms with E-state index in [-0.39, 0.29) is 11.8 Å². The highest BCUT2D eigenvalue weighted by atomic mass is 16.5. The molecular formula is C11H17NO2. The fourth-order valence-corrected chi connectivity index (χ4v) is 1.23. The van der Waals surface area contributed by atoms with Crippen molar-refractivity contribution in [3.8, 4) is 11.5 Å². The van der Waals surface area contributed by atoms with E-state index in [0.717, 1.165) is 12.8 Å². The number of phenols is 1. The van der Waals surface area contributed by atoms with E-state index in [1.54, 1.807) is 24.3 Å². The second-order valence-electron chi connectivity index (χ2n) is 3.36. The number of hydrogen-bond acceptors (Lipinski definition) is 3. The summed E-state index contributed by atoms with van der Waals surface area (Å²) in [6.45, 7) is 2.59. The lowest BCUT2D eigenvalue weighted by molar-refractivity contribution is 0.280. The van der Waals surface area contributed by atoms with Crippen LogP contribution in [0.15, 0.2) is 24.3 Å². The van der Waals surface area contributed by atoms with Gasteiger partial charge in [0.2, 0.25) is 0 Å². The number of ether oxygens (including phenoxy) is 1. The van der Waals surface area contributed by atoms with Crippen molar-refractivity contribution in [2.24, 2.45) is 5.73 Å². The summed E-state index contributed by atoms with van der Waals surface area (Å²) in [5, 5.41) is 9.17. The highest BCUT2D eigenvalue weighted by Gasteiger charge is 2.02. The Morgan fingerprint density at radius 2 is 2.29 bits per heavy atom. The molecule has 0 aromatic heterocycles. The Morgan fingerprint density at radius 3 is 2.93 bits per heavy atom. The number of hydrogen-bond donors (Lipinski definition) is 2. The number of rotatable bonds is 5. The van der Waals surface area contributed by atoms with Crippen LogP contribution in [0, 0.1) is 0 Å². The van der Waals surface area contributed by atoms with Gasteiger partial charge in [-0.3, -0.25) is 0 Å². The molecule has 0 aliphatic heterocycles. The first kappa shape index (κ1) is 10.9. The molecule has 1 atom stereocenters. The van der Waals surface area contributed by atoms with Gasteiger partial charge in [0, 0.05) is 12.1 Å². The van der Waals surface area contributed by atoms with Gasteiger partial charge in [-0.25, -0.2) is 0 Å². The van der Waals surface area contributed by atoms with Crippen molar-refractivity contribution < 1.29 is 9.84 Å². The second kappa shape index (κ2) is 5.50. The second-order valence-corrected chi connectivity index (χ2v) is 3.36. The first-order valence-electron chi connectivity index (χ1n) is 4.89. The highest BCUT2D eigenvalue weighted by molar-refractivity contribution is 5.31. The predicted molar refractivity (Wildman–Crippen MR) is 56.5 cm³/mol. The molecule has 3 N–H and O–H groups in total. The first-order valence-corrected chi connectivity index (χ1v) is 4.89. The van der Waals surface area contributed by atoms with Gasteiger partial charge in [0.05, 0.1) is 0 Å². The van der Waals surface area contributed by atoms with Gasteiger partial charge in [0.15, 0.2) is 0 Å². The van der Waals surface area contributed by atoms with E-state index in [9.17, 15) is 5.11 Å². The van der Waals surface area contributed by atoms with Crippen molar-refractivity contribution in [2.75, 3.05) is 6.61 Å². The molecule has 14 heavy (non-hydrogen) atoms. The Kier molecular flexibility index (Phi) is 4.26. The fraction of sp³-hybridized carbons (Fsp3) is 0.455. The molecule has 0 aliphatic carbocycles. The zero-order valence-corrected chi connectivity index (χ0v) is 8.44. The van der Waals surface area contributed by atoms with Crippen molar-refractivity contribution in [1.82, 2.24) is 0 Å². The van der Waals surface area contributed by atoms with Gasteiger partial charge < -0.3 is 15.6 Å². The normalized spacial score (nSPS) is 12.4. The van der Waals surface area contributed by atoms with E-state index >= 15 is 0 Å². The Bertz CT molecular complexity index is 276.